The fourth-order valence-corrected chi connectivity index (χ4v) is 4.28. The lowest BCUT2D eigenvalue weighted by molar-refractivity contribution is 0.216. The summed E-state index contributed by atoms with van der Waals surface area (Å²) in [5.74, 6) is 2.17. The van der Waals surface area contributed by atoms with Crippen molar-refractivity contribution in [1.29, 1.82) is 0 Å². The molecule has 1 saturated heterocycles. The third-order valence-corrected chi connectivity index (χ3v) is 5.65. The van der Waals surface area contributed by atoms with E-state index >= 15 is 0 Å². The summed E-state index contributed by atoms with van der Waals surface area (Å²) in [5.41, 5.74) is 2.28. The van der Waals surface area contributed by atoms with Gasteiger partial charge in [0, 0.05) is 18.2 Å². The van der Waals surface area contributed by atoms with Crippen LogP contribution >= 0.6 is 11.8 Å². The van der Waals surface area contributed by atoms with Crippen molar-refractivity contribution >= 4 is 17.5 Å². The Kier molecular flexibility index (Phi) is 4.67. The van der Waals surface area contributed by atoms with E-state index in [2.05, 4.69) is 46.3 Å². The van der Waals surface area contributed by atoms with Crippen LogP contribution in [0.2, 0.25) is 0 Å². The maximum Gasteiger partial charge on any atom is 0.212 e. The normalized spacial score (nSPS) is 19.6. The number of piperidine rings is 1. The molecule has 0 radical (unpaired) electrons. The van der Waals surface area contributed by atoms with Crippen molar-refractivity contribution < 1.29 is 0 Å². The molecule has 0 aliphatic carbocycles. The van der Waals surface area contributed by atoms with Gasteiger partial charge in [-0.05, 0) is 31.5 Å². The van der Waals surface area contributed by atoms with Crippen molar-refractivity contribution in [3.8, 4) is 0 Å². The van der Waals surface area contributed by atoms with Crippen LogP contribution < -0.4 is 0 Å². The zero-order valence-electron chi connectivity index (χ0n) is 14.1. The average molecular weight is 341 g/mol. The van der Waals surface area contributed by atoms with E-state index in [1.54, 1.807) is 11.8 Å². The lowest BCUT2D eigenvalue weighted by atomic mass is 10.1. The molecule has 5 nitrogen and oxygen atoms in total. The van der Waals surface area contributed by atoms with Crippen molar-refractivity contribution in [2.24, 2.45) is 5.10 Å². The van der Waals surface area contributed by atoms with E-state index in [-0.39, 0.29) is 0 Å². The SMILES string of the molecule is CC(CN1CCCCC1)c1nnc2n1N=C(c1ccccc1)CS2. The van der Waals surface area contributed by atoms with E-state index in [1.165, 1.54) is 37.9 Å². The fraction of sp³-hybridized carbons (Fsp3) is 0.500. The molecule has 0 N–H and O–H groups in total. The Morgan fingerprint density at radius 1 is 1.08 bits per heavy atom. The van der Waals surface area contributed by atoms with Gasteiger partial charge >= 0.3 is 0 Å². The van der Waals surface area contributed by atoms with Crippen LogP contribution in [-0.4, -0.2) is 50.9 Å². The summed E-state index contributed by atoms with van der Waals surface area (Å²) < 4.78 is 1.96. The largest absolute Gasteiger partial charge is 0.303 e. The first-order valence-corrected chi connectivity index (χ1v) is 9.73. The maximum atomic E-state index is 4.86. The first-order valence-electron chi connectivity index (χ1n) is 8.75. The van der Waals surface area contributed by atoms with Gasteiger partial charge in [0.05, 0.1) is 5.71 Å². The first-order chi connectivity index (χ1) is 11.8. The number of hydrogen-bond donors (Lipinski definition) is 0. The minimum absolute atomic E-state index is 0.337. The Hall–Kier alpha value is -1.66. The summed E-state index contributed by atoms with van der Waals surface area (Å²) in [7, 11) is 0. The van der Waals surface area contributed by atoms with Gasteiger partial charge in [-0.3, -0.25) is 0 Å². The molecule has 1 aromatic carbocycles. The highest BCUT2D eigenvalue weighted by atomic mass is 32.2. The van der Waals surface area contributed by atoms with Gasteiger partial charge in [-0.2, -0.15) is 9.78 Å². The minimum atomic E-state index is 0.337. The zero-order chi connectivity index (χ0) is 16.4. The highest BCUT2D eigenvalue weighted by molar-refractivity contribution is 7.99. The summed E-state index contributed by atoms with van der Waals surface area (Å²) in [6.07, 6.45) is 4.00. The predicted octanol–water partition coefficient (Wildman–Crippen LogP) is 3.23. The van der Waals surface area contributed by atoms with Crippen molar-refractivity contribution in [3.63, 3.8) is 0 Å². The van der Waals surface area contributed by atoms with E-state index in [4.69, 9.17) is 5.10 Å². The third-order valence-electron chi connectivity index (χ3n) is 4.72. The van der Waals surface area contributed by atoms with Crippen LogP contribution in [0, 0.1) is 0 Å². The van der Waals surface area contributed by atoms with Crippen LogP contribution in [0.4, 0.5) is 0 Å². The molecule has 2 aliphatic heterocycles. The van der Waals surface area contributed by atoms with Crippen LogP contribution in [-0.2, 0) is 0 Å². The van der Waals surface area contributed by atoms with Crippen LogP contribution in [0.15, 0.2) is 40.6 Å². The smallest absolute Gasteiger partial charge is 0.212 e. The number of likely N-dealkylation sites (tertiary alicyclic amines) is 1. The Bertz CT molecular complexity index is 718. The second-order valence-electron chi connectivity index (χ2n) is 6.62. The third kappa shape index (κ3) is 3.26. The van der Waals surface area contributed by atoms with Gasteiger partial charge in [0.1, 0.15) is 0 Å². The summed E-state index contributed by atoms with van der Waals surface area (Å²) in [6.45, 7) is 5.69. The first kappa shape index (κ1) is 15.8. The van der Waals surface area contributed by atoms with Gasteiger partial charge in [0.15, 0.2) is 5.82 Å². The van der Waals surface area contributed by atoms with Crippen LogP contribution in [0.1, 0.15) is 43.5 Å². The molecule has 126 valence electrons. The lowest BCUT2D eigenvalue weighted by Gasteiger charge is -2.28. The molecule has 0 saturated carbocycles. The standard InChI is InChI=1S/C18H23N5S/c1-14(12-22-10-6-3-7-11-22)17-19-20-18-23(17)21-16(13-24-18)15-8-4-2-5-9-15/h2,4-5,8-9,14H,3,6-7,10-13H2,1H3. The van der Waals surface area contributed by atoms with Gasteiger partial charge in [0.25, 0.3) is 0 Å². The van der Waals surface area contributed by atoms with E-state index in [0.717, 1.165) is 29.0 Å². The summed E-state index contributed by atoms with van der Waals surface area (Å²) in [4.78, 5) is 2.55. The lowest BCUT2D eigenvalue weighted by Crippen LogP contribution is -2.33. The predicted molar refractivity (Wildman–Crippen MR) is 97.8 cm³/mol. The Morgan fingerprint density at radius 3 is 2.67 bits per heavy atom. The molecule has 1 unspecified atom stereocenters. The number of rotatable bonds is 4. The van der Waals surface area contributed by atoms with E-state index in [9.17, 15) is 0 Å². The Balaban J connectivity index is 1.57. The highest BCUT2D eigenvalue weighted by Crippen LogP contribution is 2.27. The molecule has 1 aromatic heterocycles. The molecular formula is C18H23N5S. The van der Waals surface area contributed by atoms with Crippen molar-refractivity contribution in [2.75, 3.05) is 25.4 Å². The fourth-order valence-electron chi connectivity index (χ4n) is 3.43. The Labute approximate surface area is 147 Å². The number of hydrogen-bond acceptors (Lipinski definition) is 5. The zero-order valence-corrected chi connectivity index (χ0v) is 14.9. The molecule has 0 amide bonds. The molecule has 1 atom stereocenters. The quantitative estimate of drug-likeness (QED) is 0.856. The molecule has 2 aromatic rings. The van der Waals surface area contributed by atoms with Crippen LogP contribution in [0.25, 0.3) is 0 Å². The van der Waals surface area contributed by atoms with Crippen LogP contribution in [0.3, 0.4) is 0 Å². The number of benzene rings is 1. The molecule has 24 heavy (non-hydrogen) atoms. The Morgan fingerprint density at radius 2 is 1.88 bits per heavy atom. The number of aromatic nitrogens is 3. The van der Waals surface area contributed by atoms with E-state index in [0.29, 0.717) is 5.92 Å². The summed E-state index contributed by atoms with van der Waals surface area (Å²) in [6, 6.07) is 10.4. The van der Waals surface area contributed by atoms with Gasteiger partial charge < -0.3 is 4.90 Å². The number of fused-ring (bicyclic) bond motifs is 1. The van der Waals surface area contributed by atoms with Crippen molar-refractivity contribution in [1.82, 2.24) is 19.8 Å². The molecule has 3 heterocycles. The molecule has 0 bridgehead atoms. The van der Waals surface area contributed by atoms with Crippen molar-refractivity contribution in [3.05, 3.63) is 41.7 Å². The molecule has 1 fully saturated rings. The van der Waals surface area contributed by atoms with Crippen molar-refractivity contribution in [2.45, 2.75) is 37.3 Å². The van der Waals surface area contributed by atoms with E-state index < -0.39 is 0 Å². The number of nitrogens with zero attached hydrogens (tertiary/aromatic N) is 5. The summed E-state index contributed by atoms with van der Waals surface area (Å²) >= 11 is 1.72. The van der Waals surface area contributed by atoms with Gasteiger partial charge in [-0.1, -0.05) is 55.4 Å². The second kappa shape index (κ2) is 7.07. The maximum absolute atomic E-state index is 4.86. The average Bonchev–Trinajstić information content (AvgIpc) is 3.06. The van der Waals surface area contributed by atoms with Crippen LogP contribution in [0.5, 0.6) is 0 Å². The van der Waals surface area contributed by atoms with Gasteiger partial charge in [0.2, 0.25) is 5.16 Å². The van der Waals surface area contributed by atoms with Gasteiger partial charge in [-0.25, -0.2) is 0 Å². The number of thioether (sulfide) groups is 1. The minimum Gasteiger partial charge on any atom is -0.303 e. The highest BCUT2D eigenvalue weighted by Gasteiger charge is 2.24. The molecule has 0 spiro atoms. The van der Waals surface area contributed by atoms with Gasteiger partial charge in [-0.15, -0.1) is 10.2 Å². The second-order valence-corrected chi connectivity index (χ2v) is 7.56. The van der Waals surface area contributed by atoms with E-state index in [1.807, 2.05) is 10.7 Å². The molecule has 6 heteroatoms. The molecule has 2 aliphatic rings. The molecular weight excluding hydrogens is 318 g/mol. The monoisotopic (exact) mass is 341 g/mol. The topological polar surface area (TPSA) is 46.3 Å². The summed E-state index contributed by atoms with van der Waals surface area (Å²) in [5, 5.41) is 14.6. The molecule has 4 rings (SSSR count).